The maximum Gasteiger partial charge on any atom is 0.158 e. The molecule has 1 aromatic carbocycles. The van der Waals surface area contributed by atoms with Gasteiger partial charge in [0.15, 0.2) is 16.6 Å². The first kappa shape index (κ1) is 18.6. The van der Waals surface area contributed by atoms with Gasteiger partial charge in [-0.2, -0.15) is 0 Å². The van der Waals surface area contributed by atoms with Crippen LogP contribution in [0.1, 0.15) is 19.3 Å². The van der Waals surface area contributed by atoms with E-state index in [9.17, 15) is 9.32 Å². The molecule has 29 heavy (non-hydrogen) atoms. The lowest BCUT2D eigenvalue weighted by atomic mass is 9.93. The lowest BCUT2D eigenvalue weighted by Crippen LogP contribution is -2.31. The Morgan fingerprint density at radius 2 is 2.00 bits per heavy atom. The number of anilines is 2. The summed E-state index contributed by atoms with van der Waals surface area (Å²) in [5, 5.41) is 14.6. The van der Waals surface area contributed by atoms with Gasteiger partial charge in [-0.25, -0.2) is 13.2 Å². The molecule has 152 valence electrons. The van der Waals surface area contributed by atoms with Gasteiger partial charge in [0.05, 0.1) is 30.0 Å². The highest BCUT2D eigenvalue weighted by molar-refractivity contribution is 7.83. The minimum Gasteiger partial charge on any atom is -0.393 e. The van der Waals surface area contributed by atoms with Crippen molar-refractivity contribution in [2.75, 3.05) is 17.9 Å². The quantitative estimate of drug-likeness (QED) is 0.539. The number of rotatable bonds is 6. The van der Waals surface area contributed by atoms with E-state index in [0.717, 1.165) is 40.9 Å². The van der Waals surface area contributed by atoms with Gasteiger partial charge in [-0.05, 0) is 49.3 Å². The fourth-order valence-electron chi connectivity index (χ4n) is 4.80. The molecule has 3 aromatic rings. The molecule has 2 fully saturated rings. The molecule has 5 rings (SSSR count). The lowest BCUT2D eigenvalue weighted by molar-refractivity contribution is 0.110. The Kier molecular flexibility index (Phi) is 4.77. The second-order valence-corrected chi connectivity index (χ2v) is 9.20. The van der Waals surface area contributed by atoms with Crippen LogP contribution < -0.4 is 10.8 Å². The summed E-state index contributed by atoms with van der Waals surface area (Å²) in [5.41, 5.74) is 5.20. The molecule has 5 unspecified atom stereocenters. The van der Waals surface area contributed by atoms with Crippen molar-refractivity contribution in [3.63, 3.8) is 0 Å². The monoisotopic (exact) mass is 412 g/mol. The van der Waals surface area contributed by atoms with Crippen molar-refractivity contribution in [3.05, 3.63) is 48.8 Å². The minimum absolute atomic E-state index is 0.165. The number of benzene rings is 1. The van der Waals surface area contributed by atoms with Gasteiger partial charge in [0.2, 0.25) is 0 Å². The molecule has 0 saturated heterocycles. The Labute approximate surface area is 171 Å². The van der Waals surface area contributed by atoms with Crippen LogP contribution in [0, 0.1) is 11.8 Å². The second-order valence-electron chi connectivity index (χ2n) is 7.84. The summed E-state index contributed by atoms with van der Waals surface area (Å²) >= 11 is 0. The summed E-state index contributed by atoms with van der Waals surface area (Å²) in [5.74, 6) is 0.845. The van der Waals surface area contributed by atoms with Gasteiger partial charge >= 0.3 is 0 Å². The Balaban J connectivity index is 1.52. The van der Waals surface area contributed by atoms with E-state index in [-0.39, 0.29) is 6.10 Å². The van der Waals surface area contributed by atoms with Crippen LogP contribution in [0.4, 0.5) is 11.4 Å². The molecule has 2 heterocycles. The molecule has 2 aromatic heterocycles. The molecular weight excluding hydrogens is 388 g/mol. The summed E-state index contributed by atoms with van der Waals surface area (Å²) in [6.45, 7) is 0. The average Bonchev–Trinajstić information content (AvgIpc) is 3.43. The summed E-state index contributed by atoms with van der Waals surface area (Å²) in [7, 11) is 0.190. The molecule has 0 radical (unpaired) electrons. The van der Waals surface area contributed by atoms with Crippen LogP contribution in [0.2, 0.25) is 0 Å². The molecule has 2 saturated carbocycles. The molecular formula is C21H24N4O3S. The highest BCUT2D eigenvalue weighted by Gasteiger charge is 2.45. The van der Waals surface area contributed by atoms with Gasteiger partial charge in [0.25, 0.3) is 0 Å². The first-order valence-electron chi connectivity index (χ1n) is 9.86. The summed E-state index contributed by atoms with van der Waals surface area (Å²) in [6, 6.07) is 11.6. The lowest BCUT2D eigenvalue weighted by Gasteiger charge is -2.28. The molecule has 0 aliphatic heterocycles. The maximum atomic E-state index is 13.1. The molecule has 7 nitrogen and oxygen atoms in total. The van der Waals surface area contributed by atoms with Gasteiger partial charge in [-0.15, -0.1) is 0 Å². The van der Waals surface area contributed by atoms with E-state index in [2.05, 4.69) is 15.8 Å². The van der Waals surface area contributed by atoms with E-state index in [1.54, 1.807) is 17.3 Å². The Hall–Kier alpha value is -2.42. The molecule has 5 atom stereocenters. The zero-order chi connectivity index (χ0) is 20.0. The fraction of sp³-hybridized carbons (Fsp3) is 0.381. The number of aromatic nitrogens is 2. The van der Waals surface area contributed by atoms with Gasteiger partial charge in [0.1, 0.15) is 5.69 Å². The second kappa shape index (κ2) is 7.44. The zero-order valence-corrected chi connectivity index (χ0v) is 16.9. The van der Waals surface area contributed by atoms with Gasteiger partial charge in [-0.1, -0.05) is 18.2 Å². The van der Waals surface area contributed by atoms with Crippen molar-refractivity contribution in [3.8, 4) is 0 Å². The zero-order valence-electron chi connectivity index (χ0n) is 16.1. The first-order valence-corrected chi connectivity index (χ1v) is 11.0. The van der Waals surface area contributed by atoms with Crippen LogP contribution in [0.3, 0.4) is 0 Å². The Bertz CT molecular complexity index is 1050. The van der Waals surface area contributed by atoms with Crippen LogP contribution in [0.25, 0.3) is 11.0 Å². The molecule has 0 amide bonds. The third-order valence-electron chi connectivity index (χ3n) is 6.17. The number of hydrogen-bond donors (Lipinski definition) is 3. The predicted molar refractivity (Wildman–Crippen MR) is 113 cm³/mol. The van der Waals surface area contributed by atoms with Crippen molar-refractivity contribution in [1.29, 1.82) is 0 Å². The fourth-order valence-corrected chi connectivity index (χ4v) is 5.89. The summed E-state index contributed by atoms with van der Waals surface area (Å²) < 4.78 is 14.8. The SMILES string of the molecule is CONc1cnc2c(ccn2S(=O)c2ccccc2)c1NC1CC2CC1CC2O. The highest BCUT2D eigenvalue weighted by Crippen LogP contribution is 2.47. The van der Waals surface area contributed by atoms with Crippen molar-refractivity contribution in [2.24, 2.45) is 11.8 Å². The Morgan fingerprint density at radius 3 is 2.69 bits per heavy atom. The van der Waals surface area contributed by atoms with Crippen LogP contribution in [0.5, 0.6) is 0 Å². The van der Waals surface area contributed by atoms with Crippen LogP contribution in [-0.2, 0) is 15.8 Å². The standard InChI is InChI=1S/C21H24N4O3S/c1-28-24-18-12-22-21-16(7-8-25(21)29(27)15-5-3-2-4-6-15)20(18)23-17-10-14-9-13(17)11-19(14)26/h2-8,12-14,17,19,24,26H,9-11H2,1H3,(H,22,23). The molecule has 8 heteroatoms. The van der Waals surface area contributed by atoms with E-state index in [4.69, 9.17) is 4.84 Å². The number of hydrogen-bond acceptors (Lipinski definition) is 6. The largest absolute Gasteiger partial charge is 0.393 e. The minimum atomic E-state index is -1.38. The number of pyridine rings is 1. The van der Waals surface area contributed by atoms with Gasteiger partial charge < -0.3 is 10.4 Å². The van der Waals surface area contributed by atoms with Gasteiger partial charge in [-0.3, -0.25) is 10.3 Å². The number of aliphatic hydroxyl groups is 1. The van der Waals surface area contributed by atoms with E-state index in [0.29, 0.717) is 23.5 Å². The maximum absolute atomic E-state index is 13.1. The van der Waals surface area contributed by atoms with Crippen molar-refractivity contribution < 1.29 is 14.2 Å². The predicted octanol–water partition coefficient (Wildman–Crippen LogP) is 3.15. The summed E-state index contributed by atoms with van der Waals surface area (Å²) in [6.07, 6.45) is 6.23. The number of nitrogens with one attached hydrogen (secondary N) is 2. The van der Waals surface area contributed by atoms with E-state index in [1.807, 2.05) is 42.6 Å². The molecule has 0 spiro atoms. The Morgan fingerprint density at radius 1 is 1.17 bits per heavy atom. The van der Waals surface area contributed by atoms with Gasteiger partial charge in [0, 0.05) is 17.6 Å². The number of aliphatic hydroxyl groups excluding tert-OH is 1. The number of nitrogens with zero attached hydrogens (tertiary/aromatic N) is 2. The van der Waals surface area contributed by atoms with E-state index < -0.39 is 11.0 Å². The highest BCUT2D eigenvalue weighted by atomic mass is 32.2. The van der Waals surface area contributed by atoms with Crippen LogP contribution >= 0.6 is 0 Å². The van der Waals surface area contributed by atoms with Crippen molar-refractivity contribution in [1.82, 2.24) is 8.96 Å². The van der Waals surface area contributed by atoms with Crippen molar-refractivity contribution >= 4 is 33.4 Å². The molecule has 2 aliphatic carbocycles. The third-order valence-corrected chi connectivity index (χ3v) is 7.49. The normalized spacial score (nSPS) is 26.7. The molecule has 2 bridgehead atoms. The average molecular weight is 413 g/mol. The summed E-state index contributed by atoms with van der Waals surface area (Å²) in [4.78, 5) is 10.4. The van der Waals surface area contributed by atoms with Crippen molar-refractivity contribution in [2.45, 2.75) is 36.3 Å². The molecule has 2 aliphatic rings. The third kappa shape index (κ3) is 3.21. The molecule has 3 N–H and O–H groups in total. The topological polar surface area (TPSA) is 88.4 Å². The van der Waals surface area contributed by atoms with Crippen LogP contribution in [0.15, 0.2) is 53.7 Å². The first-order chi connectivity index (χ1) is 14.2. The number of fused-ring (bicyclic) bond motifs is 3. The van der Waals surface area contributed by atoms with E-state index >= 15 is 0 Å². The smallest absolute Gasteiger partial charge is 0.158 e. The van der Waals surface area contributed by atoms with E-state index in [1.165, 1.54) is 0 Å². The van der Waals surface area contributed by atoms with Crippen LogP contribution in [-0.4, -0.2) is 37.5 Å².